The quantitative estimate of drug-likeness (QED) is 0.742. The molecule has 0 saturated carbocycles. The number of hydrogen-bond donors (Lipinski definition) is 0. The minimum absolute atomic E-state index is 0.0530. The number of halogens is 2. The Labute approximate surface area is 170 Å². The lowest BCUT2D eigenvalue weighted by Gasteiger charge is -2.39. The van der Waals surface area contributed by atoms with E-state index in [1.54, 1.807) is 6.07 Å². The average Bonchev–Trinajstić information content (AvgIpc) is 3.35. The third-order valence-corrected chi connectivity index (χ3v) is 6.35. The van der Waals surface area contributed by atoms with Gasteiger partial charge >= 0.3 is 0 Å². The van der Waals surface area contributed by atoms with E-state index in [1.807, 2.05) is 18.2 Å². The van der Waals surface area contributed by atoms with Gasteiger partial charge in [0.25, 0.3) is 0 Å². The number of hydrogen-bond acceptors (Lipinski definition) is 4. The molecule has 0 unspecified atom stereocenters. The van der Waals surface area contributed by atoms with Crippen molar-refractivity contribution in [3.8, 4) is 0 Å². The van der Waals surface area contributed by atoms with E-state index in [2.05, 4.69) is 9.80 Å². The first-order chi connectivity index (χ1) is 14.2. The van der Waals surface area contributed by atoms with Gasteiger partial charge in [0.05, 0.1) is 13.2 Å². The minimum Gasteiger partial charge on any atom is -0.350 e. The molecule has 0 radical (unpaired) electrons. The second-order valence-corrected chi connectivity index (χ2v) is 8.13. The largest absolute Gasteiger partial charge is 0.350 e. The molecular formula is C23H26F2N2O2. The summed E-state index contributed by atoms with van der Waals surface area (Å²) in [5, 5.41) is 0. The van der Waals surface area contributed by atoms with Crippen molar-refractivity contribution in [2.24, 2.45) is 0 Å². The molecule has 6 heteroatoms. The van der Waals surface area contributed by atoms with Crippen molar-refractivity contribution in [1.82, 2.24) is 4.90 Å². The van der Waals surface area contributed by atoms with Gasteiger partial charge in [0.1, 0.15) is 11.6 Å². The van der Waals surface area contributed by atoms with Gasteiger partial charge in [0.2, 0.25) is 0 Å². The SMILES string of the molecule is Fc1ccc(N2c3ccc(F)cc3[C@@H]3CN(CCCC4OCCO4)CC[C@H]32)cc1. The van der Waals surface area contributed by atoms with Crippen molar-refractivity contribution in [2.75, 3.05) is 37.7 Å². The van der Waals surface area contributed by atoms with Gasteiger partial charge in [-0.05, 0) is 73.8 Å². The zero-order valence-corrected chi connectivity index (χ0v) is 16.4. The van der Waals surface area contributed by atoms with E-state index in [-0.39, 0.29) is 29.9 Å². The summed E-state index contributed by atoms with van der Waals surface area (Å²) in [6.45, 7) is 4.29. The number of rotatable bonds is 5. The molecule has 2 saturated heterocycles. The third-order valence-electron chi connectivity index (χ3n) is 6.35. The first-order valence-electron chi connectivity index (χ1n) is 10.5. The lowest BCUT2D eigenvalue weighted by Crippen LogP contribution is -2.45. The molecule has 2 aromatic carbocycles. The molecule has 4 nitrogen and oxygen atoms in total. The number of nitrogens with zero attached hydrogens (tertiary/aromatic N) is 2. The number of fused-ring (bicyclic) bond motifs is 3. The van der Waals surface area contributed by atoms with Crippen molar-refractivity contribution in [2.45, 2.75) is 37.5 Å². The Morgan fingerprint density at radius 1 is 0.966 bits per heavy atom. The van der Waals surface area contributed by atoms with Crippen LogP contribution in [-0.4, -0.2) is 50.1 Å². The molecule has 0 spiro atoms. The van der Waals surface area contributed by atoms with Gasteiger partial charge in [0, 0.05) is 36.4 Å². The Kier molecular flexibility index (Phi) is 5.24. The monoisotopic (exact) mass is 400 g/mol. The molecule has 5 rings (SSSR count). The van der Waals surface area contributed by atoms with E-state index in [0.29, 0.717) is 13.2 Å². The van der Waals surface area contributed by atoms with Gasteiger partial charge < -0.3 is 19.3 Å². The summed E-state index contributed by atoms with van der Waals surface area (Å²) in [7, 11) is 0. The fourth-order valence-electron chi connectivity index (χ4n) is 5.03. The second kappa shape index (κ2) is 8.01. The Morgan fingerprint density at radius 2 is 1.72 bits per heavy atom. The standard InChI is InChI=1S/C23H26F2N2O2/c24-16-3-6-18(7-4-16)27-21-8-5-17(25)14-19(21)20-15-26(11-9-22(20)27)10-1-2-23-28-12-13-29-23/h3-8,14,20,22-23H,1-2,9-13,15H2/t20-,22+/m0/s1. The number of ether oxygens (including phenoxy) is 2. The van der Waals surface area contributed by atoms with E-state index >= 15 is 0 Å². The Balaban J connectivity index is 1.33. The van der Waals surface area contributed by atoms with Crippen LogP contribution in [0, 0.1) is 11.6 Å². The number of anilines is 2. The van der Waals surface area contributed by atoms with E-state index in [4.69, 9.17) is 9.47 Å². The molecule has 0 amide bonds. The topological polar surface area (TPSA) is 24.9 Å². The Morgan fingerprint density at radius 3 is 2.52 bits per heavy atom. The van der Waals surface area contributed by atoms with Crippen LogP contribution >= 0.6 is 0 Å². The molecule has 3 heterocycles. The summed E-state index contributed by atoms with van der Waals surface area (Å²) in [5.74, 6) is -0.191. The van der Waals surface area contributed by atoms with Crippen LogP contribution in [0.15, 0.2) is 42.5 Å². The molecule has 0 bridgehead atoms. The molecule has 154 valence electrons. The summed E-state index contributed by atoms with van der Waals surface area (Å²) >= 11 is 0. The molecule has 2 fully saturated rings. The molecular weight excluding hydrogens is 374 g/mol. The highest BCUT2D eigenvalue weighted by molar-refractivity contribution is 5.73. The summed E-state index contributed by atoms with van der Waals surface area (Å²) in [6, 6.07) is 12.0. The molecule has 0 N–H and O–H groups in total. The molecule has 2 aromatic rings. The zero-order valence-electron chi connectivity index (χ0n) is 16.4. The predicted octanol–water partition coefficient (Wildman–Crippen LogP) is 4.43. The fraction of sp³-hybridized carbons (Fsp3) is 0.478. The van der Waals surface area contributed by atoms with E-state index < -0.39 is 0 Å². The van der Waals surface area contributed by atoms with E-state index in [0.717, 1.165) is 55.8 Å². The van der Waals surface area contributed by atoms with Crippen LogP contribution in [0.1, 0.15) is 30.7 Å². The first-order valence-corrected chi connectivity index (χ1v) is 10.5. The van der Waals surface area contributed by atoms with Gasteiger partial charge in [-0.15, -0.1) is 0 Å². The minimum atomic E-state index is -0.242. The van der Waals surface area contributed by atoms with Gasteiger partial charge in [-0.2, -0.15) is 0 Å². The maximum absolute atomic E-state index is 14.1. The normalized spacial score (nSPS) is 24.7. The van der Waals surface area contributed by atoms with Crippen molar-refractivity contribution in [1.29, 1.82) is 0 Å². The van der Waals surface area contributed by atoms with Crippen LogP contribution in [0.4, 0.5) is 20.2 Å². The number of likely N-dealkylation sites (tertiary alicyclic amines) is 1. The summed E-state index contributed by atoms with van der Waals surface area (Å²) in [4.78, 5) is 4.75. The molecule has 29 heavy (non-hydrogen) atoms. The van der Waals surface area contributed by atoms with Crippen LogP contribution in [0.2, 0.25) is 0 Å². The number of benzene rings is 2. The maximum Gasteiger partial charge on any atom is 0.157 e. The third kappa shape index (κ3) is 3.77. The summed E-state index contributed by atoms with van der Waals surface area (Å²) < 4.78 is 38.6. The van der Waals surface area contributed by atoms with Crippen LogP contribution in [0.25, 0.3) is 0 Å². The smallest absolute Gasteiger partial charge is 0.157 e. The fourth-order valence-corrected chi connectivity index (χ4v) is 5.03. The van der Waals surface area contributed by atoms with Gasteiger partial charge in [0.15, 0.2) is 6.29 Å². The van der Waals surface area contributed by atoms with Crippen molar-refractivity contribution < 1.29 is 18.3 Å². The van der Waals surface area contributed by atoms with Gasteiger partial charge in [-0.1, -0.05) is 0 Å². The second-order valence-electron chi connectivity index (χ2n) is 8.13. The highest BCUT2D eigenvalue weighted by Gasteiger charge is 2.42. The van der Waals surface area contributed by atoms with Crippen LogP contribution in [0.3, 0.4) is 0 Å². The van der Waals surface area contributed by atoms with Crippen molar-refractivity contribution >= 4 is 11.4 Å². The molecule has 2 atom stereocenters. The highest BCUT2D eigenvalue weighted by atomic mass is 19.1. The first kappa shape index (κ1) is 19.0. The van der Waals surface area contributed by atoms with Crippen LogP contribution in [0.5, 0.6) is 0 Å². The van der Waals surface area contributed by atoms with E-state index in [1.165, 1.54) is 18.2 Å². The van der Waals surface area contributed by atoms with Gasteiger partial charge in [-0.3, -0.25) is 0 Å². The summed E-state index contributed by atoms with van der Waals surface area (Å²) in [5.41, 5.74) is 3.07. The maximum atomic E-state index is 14.1. The Hall–Kier alpha value is -2.02. The molecule has 0 aromatic heterocycles. The van der Waals surface area contributed by atoms with E-state index in [9.17, 15) is 8.78 Å². The lowest BCUT2D eigenvalue weighted by atomic mass is 9.89. The van der Waals surface area contributed by atoms with Crippen LogP contribution < -0.4 is 4.90 Å². The van der Waals surface area contributed by atoms with Gasteiger partial charge in [-0.25, -0.2) is 8.78 Å². The van der Waals surface area contributed by atoms with Crippen molar-refractivity contribution in [3.05, 3.63) is 59.7 Å². The molecule has 3 aliphatic heterocycles. The summed E-state index contributed by atoms with van der Waals surface area (Å²) in [6.07, 6.45) is 2.88. The zero-order chi connectivity index (χ0) is 19.8. The van der Waals surface area contributed by atoms with Crippen LogP contribution in [-0.2, 0) is 9.47 Å². The lowest BCUT2D eigenvalue weighted by molar-refractivity contribution is -0.0491. The molecule has 3 aliphatic rings. The average molecular weight is 400 g/mol. The highest BCUT2D eigenvalue weighted by Crippen LogP contribution is 2.48. The Bertz CT molecular complexity index is 854. The number of piperidine rings is 1. The predicted molar refractivity (Wildman–Crippen MR) is 107 cm³/mol. The molecule has 0 aliphatic carbocycles. The van der Waals surface area contributed by atoms with Crippen molar-refractivity contribution in [3.63, 3.8) is 0 Å².